The smallest absolute Gasteiger partial charge is 0.319 e. The molecule has 11 heteroatoms. The lowest BCUT2D eigenvalue weighted by Crippen LogP contribution is -2.50. The largest absolute Gasteiger partial charge is 0.508 e. The van der Waals surface area contributed by atoms with Crippen molar-refractivity contribution in [3.63, 3.8) is 0 Å². The summed E-state index contributed by atoms with van der Waals surface area (Å²) in [5.74, 6) is -1.09. The number of β-amino-alcohol motifs (C(OH)–C–C–N with tert-alkyl or cyclic N) is 1. The normalized spacial score (nSPS) is 26.2. The van der Waals surface area contributed by atoms with Gasteiger partial charge in [0.1, 0.15) is 34.2 Å². The Bertz CT molecular complexity index is 1740. The molecule has 1 saturated carbocycles. The van der Waals surface area contributed by atoms with E-state index < -0.39 is 17.2 Å². The maximum atomic E-state index is 16.7. The fourth-order valence-corrected chi connectivity index (χ4v) is 7.64. The number of halogens is 2. The van der Waals surface area contributed by atoms with Gasteiger partial charge in [-0.2, -0.15) is 9.97 Å². The van der Waals surface area contributed by atoms with E-state index in [-0.39, 0.29) is 52.5 Å². The van der Waals surface area contributed by atoms with Gasteiger partial charge in [-0.3, -0.25) is 4.98 Å². The molecule has 0 radical (unpaired) electrons. The van der Waals surface area contributed by atoms with Crippen molar-refractivity contribution in [1.82, 2.24) is 19.9 Å². The molecule has 3 atom stereocenters. The van der Waals surface area contributed by atoms with E-state index in [0.717, 1.165) is 38.6 Å². The first-order chi connectivity index (χ1) is 21.1. The summed E-state index contributed by atoms with van der Waals surface area (Å²) in [5.41, 5.74) is -1.25. The number of phenols is 1. The number of ether oxygens (including phenoxy) is 2. The Morgan fingerprint density at radius 1 is 1.14 bits per heavy atom. The highest BCUT2D eigenvalue weighted by Gasteiger charge is 2.47. The van der Waals surface area contributed by atoms with Crippen LogP contribution in [-0.2, 0) is 4.74 Å². The summed E-state index contributed by atoms with van der Waals surface area (Å²) in [6.07, 6.45) is 6.89. The number of anilines is 1. The van der Waals surface area contributed by atoms with Crippen LogP contribution in [0.25, 0.3) is 32.9 Å². The number of rotatable bonds is 5. The molecule has 9 nitrogen and oxygen atoms in total. The van der Waals surface area contributed by atoms with Crippen LogP contribution < -0.4 is 9.64 Å². The number of nitrogens with zero attached hydrogens (tertiary/aromatic N) is 5. The third-order valence-corrected chi connectivity index (χ3v) is 9.62. The van der Waals surface area contributed by atoms with Crippen LogP contribution in [0.1, 0.15) is 39.0 Å². The topological polar surface area (TPSA) is 104 Å². The molecule has 1 aliphatic carbocycles. The molecule has 0 bridgehead atoms. The van der Waals surface area contributed by atoms with Gasteiger partial charge in [0.05, 0.1) is 31.8 Å². The van der Waals surface area contributed by atoms with Crippen molar-refractivity contribution in [2.45, 2.75) is 50.7 Å². The van der Waals surface area contributed by atoms with E-state index in [1.165, 1.54) is 30.5 Å². The molecule has 0 spiro atoms. The zero-order chi connectivity index (χ0) is 30.6. The lowest BCUT2D eigenvalue weighted by Gasteiger charge is -2.44. The lowest BCUT2D eigenvalue weighted by atomic mass is 9.76. The summed E-state index contributed by atoms with van der Waals surface area (Å²) >= 11 is 0. The number of hydrogen-bond donors (Lipinski definition) is 2. The molecular formula is C33H37F2N5O4. The number of fused-ring (bicyclic) bond motifs is 3. The quantitative estimate of drug-likeness (QED) is 0.323. The number of aromatic nitrogens is 3. The second-order valence-electron chi connectivity index (χ2n) is 13.0. The monoisotopic (exact) mass is 605 g/mol. The second kappa shape index (κ2) is 11.0. The Labute approximate surface area is 254 Å². The van der Waals surface area contributed by atoms with Crippen LogP contribution >= 0.6 is 0 Å². The van der Waals surface area contributed by atoms with Gasteiger partial charge in [0.2, 0.25) is 0 Å². The van der Waals surface area contributed by atoms with Crippen LogP contribution in [0.3, 0.4) is 0 Å². The molecule has 2 aliphatic heterocycles. The van der Waals surface area contributed by atoms with E-state index in [4.69, 9.17) is 14.5 Å². The van der Waals surface area contributed by atoms with E-state index in [2.05, 4.69) is 21.9 Å². The number of pyridine rings is 1. The number of benzene rings is 2. The fraction of sp³-hybridized carbons (Fsp3) is 0.485. The Balaban J connectivity index is 1.36. The molecule has 3 fully saturated rings. The average Bonchev–Trinajstić information content (AvgIpc) is 3.34. The third-order valence-electron chi connectivity index (χ3n) is 9.62. The van der Waals surface area contributed by atoms with Crippen LogP contribution in [0, 0.1) is 17.0 Å². The highest BCUT2D eigenvalue weighted by molar-refractivity contribution is 6.00. The maximum Gasteiger partial charge on any atom is 0.319 e. The number of piperidine rings is 1. The maximum absolute atomic E-state index is 16.7. The number of likely N-dealkylation sites (tertiary alicyclic amines) is 1. The van der Waals surface area contributed by atoms with Crippen molar-refractivity contribution in [3.05, 3.63) is 48.2 Å². The summed E-state index contributed by atoms with van der Waals surface area (Å²) in [6.45, 7) is 4.26. The molecule has 3 aliphatic rings. The molecule has 4 aromatic rings. The van der Waals surface area contributed by atoms with Gasteiger partial charge in [-0.05, 0) is 69.8 Å². The molecule has 4 heterocycles. The van der Waals surface area contributed by atoms with Crippen LogP contribution in [0.5, 0.6) is 11.8 Å². The van der Waals surface area contributed by atoms with Gasteiger partial charge in [-0.15, -0.1) is 0 Å². The van der Waals surface area contributed by atoms with Crippen LogP contribution in [0.4, 0.5) is 14.6 Å². The summed E-state index contributed by atoms with van der Waals surface area (Å²) in [4.78, 5) is 18.0. The molecule has 0 unspecified atom stereocenters. The molecule has 0 amide bonds. The Morgan fingerprint density at radius 3 is 2.84 bits per heavy atom. The first-order valence-electron chi connectivity index (χ1n) is 15.3. The summed E-state index contributed by atoms with van der Waals surface area (Å²) in [6, 6.07) is 7.66. The summed E-state index contributed by atoms with van der Waals surface area (Å²) in [7, 11) is 2.17. The van der Waals surface area contributed by atoms with Crippen molar-refractivity contribution in [1.29, 1.82) is 0 Å². The third kappa shape index (κ3) is 5.10. The zero-order valence-electron chi connectivity index (χ0n) is 25.0. The van der Waals surface area contributed by atoms with Gasteiger partial charge in [-0.25, -0.2) is 8.78 Å². The first kappa shape index (κ1) is 29.1. The number of phenolic OH excluding ortho intramolecular Hbond substituents is 1. The molecule has 2 saturated heterocycles. The van der Waals surface area contributed by atoms with Gasteiger partial charge < -0.3 is 29.5 Å². The van der Waals surface area contributed by atoms with Crippen molar-refractivity contribution < 1.29 is 28.5 Å². The highest BCUT2D eigenvalue weighted by Crippen LogP contribution is 2.47. The standard InChI is InChI=1S/C33H37F2N5O4/c1-32(42)17-40(12-13-43-18-32)30-23-16-36-28(22-15-21(41)14-20-6-3-7-24(34)26(20)22)27(35)29(23)37-31(38-30)44-19-33-9-4-8-25(33)39(2)11-5-10-33/h3,6-7,14-16,25,41-42H,4-5,8-13,17-19H2,1-2H3/t25-,32+,33-/m1/s1. The van der Waals surface area contributed by atoms with Gasteiger partial charge in [0.25, 0.3) is 0 Å². The minimum absolute atomic E-state index is 0.0223. The van der Waals surface area contributed by atoms with Crippen molar-refractivity contribution >= 4 is 27.5 Å². The van der Waals surface area contributed by atoms with E-state index in [9.17, 15) is 10.2 Å². The lowest BCUT2D eigenvalue weighted by molar-refractivity contribution is -0.0123. The van der Waals surface area contributed by atoms with Gasteiger partial charge in [0, 0.05) is 35.1 Å². The molecule has 2 aromatic heterocycles. The fourth-order valence-electron chi connectivity index (χ4n) is 7.64. The van der Waals surface area contributed by atoms with E-state index >= 15 is 8.78 Å². The first-order valence-corrected chi connectivity index (χ1v) is 15.3. The van der Waals surface area contributed by atoms with Crippen LogP contribution in [0.15, 0.2) is 36.5 Å². The summed E-state index contributed by atoms with van der Waals surface area (Å²) < 4.78 is 43.7. The Kier molecular flexibility index (Phi) is 7.30. The van der Waals surface area contributed by atoms with Gasteiger partial charge in [0.15, 0.2) is 5.82 Å². The number of hydrogen-bond acceptors (Lipinski definition) is 9. The molecule has 7 rings (SSSR count). The van der Waals surface area contributed by atoms with Crippen molar-refractivity contribution in [3.8, 4) is 23.0 Å². The SMILES string of the molecule is CN1CCC[C@@]2(COc3nc(N4CCOC[C@@](C)(O)C4)c4cnc(-c5cc(O)cc6cccc(F)c56)c(F)c4n3)CCC[C@@H]12. The molecule has 44 heavy (non-hydrogen) atoms. The van der Waals surface area contributed by atoms with Crippen molar-refractivity contribution in [2.24, 2.45) is 5.41 Å². The molecule has 2 N–H and O–H groups in total. The van der Waals surface area contributed by atoms with E-state index in [0.29, 0.717) is 42.4 Å². The van der Waals surface area contributed by atoms with Crippen LogP contribution in [-0.4, -0.2) is 88.2 Å². The number of aromatic hydroxyl groups is 1. The molecule has 2 aromatic carbocycles. The summed E-state index contributed by atoms with van der Waals surface area (Å²) in [5, 5.41) is 22.3. The molecule has 232 valence electrons. The van der Waals surface area contributed by atoms with Crippen molar-refractivity contribution in [2.75, 3.05) is 51.4 Å². The average molecular weight is 606 g/mol. The number of aliphatic hydroxyl groups is 1. The highest BCUT2D eigenvalue weighted by atomic mass is 19.1. The predicted molar refractivity (Wildman–Crippen MR) is 163 cm³/mol. The second-order valence-corrected chi connectivity index (χ2v) is 13.0. The zero-order valence-corrected chi connectivity index (χ0v) is 25.0. The minimum atomic E-state index is -1.17. The van der Waals surface area contributed by atoms with E-state index in [1.54, 1.807) is 13.0 Å². The predicted octanol–water partition coefficient (Wildman–Crippen LogP) is 5.06. The Hall–Kier alpha value is -3.67. The van der Waals surface area contributed by atoms with E-state index in [1.807, 2.05) is 4.90 Å². The van der Waals surface area contributed by atoms with Crippen LogP contribution in [0.2, 0.25) is 0 Å². The van der Waals surface area contributed by atoms with Gasteiger partial charge in [-0.1, -0.05) is 18.6 Å². The van der Waals surface area contributed by atoms with Gasteiger partial charge >= 0.3 is 6.01 Å². The Morgan fingerprint density at radius 2 is 1.98 bits per heavy atom. The minimum Gasteiger partial charge on any atom is -0.508 e. The molecular weight excluding hydrogens is 568 g/mol.